The Kier molecular flexibility index (Phi) is 6.87. The highest BCUT2D eigenvalue weighted by atomic mass is 79.9. The summed E-state index contributed by atoms with van der Waals surface area (Å²) in [6, 6.07) is 38.5. The number of nitrogens with zero attached hydrogens (tertiary/aromatic N) is 1. The highest BCUT2D eigenvalue weighted by Gasteiger charge is 2.32. The standard InChI is InChI=1S/C37H25BrN2O4/c38-24-14-9-13-23(21-24)30(31-35(42)28-19-10-18-26(33(28)39-36(31)43)22-11-3-1-4-12-22)32-34(41)27-17-7-8-20-29(27)40(37(32)44)25-15-5-2-6-16-25/h1-21,30,41H,(H2,39,42,43)/t30-/m1/s1. The Labute approximate surface area is 260 Å². The molecule has 0 amide bonds. The molecular weight excluding hydrogens is 616 g/mol. The van der Waals surface area contributed by atoms with E-state index in [0.717, 1.165) is 11.1 Å². The molecule has 0 saturated heterocycles. The van der Waals surface area contributed by atoms with Gasteiger partial charge < -0.3 is 15.2 Å². The van der Waals surface area contributed by atoms with Gasteiger partial charge in [0.15, 0.2) is 0 Å². The van der Waals surface area contributed by atoms with Crippen LogP contribution >= 0.6 is 15.9 Å². The van der Waals surface area contributed by atoms with Crippen molar-refractivity contribution in [1.82, 2.24) is 9.55 Å². The summed E-state index contributed by atoms with van der Waals surface area (Å²) in [5, 5.41) is 24.6. The lowest BCUT2D eigenvalue weighted by molar-refractivity contribution is 0.462. The van der Waals surface area contributed by atoms with Gasteiger partial charge in [-0.05, 0) is 53.6 Å². The molecule has 0 aliphatic heterocycles. The van der Waals surface area contributed by atoms with Crippen molar-refractivity contribution in [3.05, 3.63) is 169 Å². The van der Waals surface area contributed by atoms with E-state index < -0.39 is 17.0 Å². The lowest BCUT2D eigenvalue weighted by Crippen LogP contribution is -2.28. The molecule has 6 nitrogen and oxygen atoms in total. The number of benzene rings is 5. The minimum absolute atomic E-state index is 0.0231. The van der Waals surface area contributed by atoms with Crippen LogP contribution in [0.3, 0.4) is 0 Å². The molecule has 0 saturated carbocycles. The lowest BCUT2D eigenvalue weighted by atomic mass is 9.83. The van der Waals surface area contributed by atoms with Gasteiger partial charge in [-0.2, -0.15) is 0 Å². The van der Waals surface area contributed by atoms with Gasteiger partial charge in [-0.3, -0.25) is 14.2 Å². The third-order valence-electron chi connectivity index (χ3n) is 8.01. The minimum atomic E-state index is -1.12. The van der Waals surface area contributed by atoms with Crippen molar-refractivity contribution >= 4 is 37.7 Å². The predicted molar refractivity (Wildman–Crippen MR) is 178 cm³/mol. The molecule has 0 bridgehead atoms. The fourth-order valence-electron chi connectivity index (χ4n) is 6.05. The number of rotatable bonds is 5. The van der Waals surface area contributed by atoms with Crippen LogP contribution < -0.4 is 11.1 Å². The molecule has 0 unspecified atom stereocenters. The molecule has 1 atom stereocenters. The number of H-pyrrole nitrogens is 1. The van der Waals surface area contributed by atoms with E-state index in [1.54, 1.807) is 48.5 Å². The zero-order valence-electron chi connectivity index (χ0n) is 23.2. The number of aromatic nitrogens is 2. The molecule has 214 valence electrons. The van der Waals surface area contributed by atoms with E-state index in [-0.39, 0.29) is 22.6 Å². The molecular formula is C37H25BrN2O4. The summed E-state index contributed by atoms with van der Waals surface area (Å²) in [6.07, 6.45) is 0. The highest BCUT2D eigenvalue weighted by molar-refractivity contribution is 9.10. The molecule has 5 aromatic carbocycles. The molecule has 7 rings (SSSR count). The number of fused-ring (bicyclic) bond motifs is 2. The van der Waals surface area contributed by atoms with Gasteiger partial charge in [0.2, 0.25) is 0 Å². The second-order valence-corrected chi connectivity index (χ2v) is 11.5. The minimum Gasteiger partial charge on any atom is -0.507 e. The highest BCUT2D eigenvalue weighted by Crippen LogP contribution is 2.43. The summed E-state index contributed by atoms with van der Waals surface area (Å²) in [5.41, 5.74) is 2.63. The second kappa shape index (κ2) is 11.0. The first kappa shape index (κ1) is 27.4. The molecule has 0 aliphatic carbocycles. The summed E-state index contributed by atoms with van der Waals surface area (Å²) in [5.74, 6) is -1.63. The number of halogens is 1. The molecule has 2 aromatic heterocycles. The van der Waals surface area contributed by atoms with E-state index in [4.69, 9.17) is 0 Å². The zero-order valence-corrected chi connectivity index (χ0v) is 24.8. The maximum Gasteiger partial charge on any atom is 0.263 e. The van der Waals surface area contributed by atoms with Crippen molar-refractivity contribution in [3.63, 3.8) is 0 Å². The van der Waals surface area contributed by atoms with Crippen LogP contribution in [0, 0.1) is 0 Å². The molecule has 2 heterocycles. The van der Waals surface area contributed by atoms with Crippen molar-refractivity contribution in [1.29, 1.82) is 0 Å². The van der Waals surface area contributed by atoms with Gasteiger partial charge in [0, 0.05) is 26.5 Å². The maximum absolute atomic E-state index is 14.6. The van der Waals surface area contributed by atoms with Gasteiger partial charge in [0.05, 0.1) is 28.1 Å². The van der Waals surface area contributed by atoms with Gasteiger partial charge >= 0.3 is 0 Å². The average Bonchev–Trinajstić information content (AvgIpc) is 3.05. The van der Waals surface area contributed by atoms with Crippen molar-refractivity contribution in [2.24, 2.45) is 0 Å². The summed E-state index contributed by atoms with van der Waals surface area (Å²) >= 11 is 3.52. The zero-order chi connectivity index (χ0) is 30.4. The van der Waals surface area contributed by atoms with Gasteiger partial charge in [-0.15, -0.1) is 0 Å². The quantitative estimate of drug-likeness (QED) is 0.178. The van der Waals surface area contributed by atoms with Gasteiger partial charge in [-0.1, -0.05) is 101 Å². The second-order valence-electron chi connectivity index (χ2n) is 10.6. The Balaban J connectivity index is 1.60. The first-order valence-corrected chi connectivity index (χ1v) is 14.8. The van der Waals surface area contributed by atoms with Crippen molar-refractivity contribution < 1.29 is 10.2 Å². The van der Waals surface area contributed by atoms with E-state index in [9.17, 15) is 19.8 Å². The van der Waals surface area contributed by atoms with E-state index in [2.05, 4.69) is 20.9 Å². The predicted octanol–water partition coefficient (Wildman–Crippen LogP) is 7.85. The van der Waals surface area contributed by atoms with Crippen LogP contribution in [0.25, 0.3) is 38.6 Å². The van der Waals surface area contributed by atoms with E-state index in [0.29, 0.717) is 37.5 Å². The number of para-hydroxylation sites is 3. The Morgan fingerprint density at radius 1 is 0.659 bits per heavy atom. The molecule has 0 aliphatic rings. The van der Waals surface area contributed by atoms with Crippen LogP contribution in [0.1, 0.15) is 22.6 Å². The molecule has 7 heteroatoms. The largest absolute Gasteiger partial charge is 0.507 e. The van der Waals surface area contributed by atoms with Crippen LogP contribution in [0.15, 0.2) is 141 Å². The molecule has 3 N–H and O–H groups in total. The Bertz CT molecular complexity index is 2310. The fraction of sp³-hybridized carbons (Fsp3) is 0.0270. The Morgan fingerprint density at radius 3 is 2.05 bits per heavy atom. The van der Waals surface area contributed by atoms with E-state index in [1.807, 2.05) is 78.9 Å². The van der Waals surface area contributed by atoms with Crippen LogP contribution in [0.5, 0.6) is 11.5 Å². The van der Waals surface area contributed by atoms with Gasteiger partial charge in [-0.25, -0.2) is 0 Å². The van der Waals surface area contributed by atoms with Crippen molar-refractivity contribution in [2.45, 2.75) is 5.92 Å². The monoisotopic (exact) mass is 640 g/mol. The van der Waals surface area contributed by atoms with Gasteiger partial charge in [0.1, 0.15) is 11.5 Å². The Morgan fingerprint density at radius 2 is 1.30 bits per heavy atom. The SMILES string of the molecule is O=c1[nH]c2c(-c3ccccc3)cccc2c(O)c1[C@@H](c1cccc(Br)c1)c1c(O)c2ccccc2n(-c2ccccc2)c1=O. The van der Waals surface area contributed by atoms with Crippen LogP contribution in [0.2, 0.25) is 0 Å². The van der Waals surface area contributed by atoms with Crippen LogP contribution in [-0.2, 0) is 0 Å². The number of nitrogens with one attached hydrogen (secondary N) is 1. The topological polar surface area (TPSA) is 95.3 Å². The third kappa shape index (κ3) is 4.49. The van der Waals surface area contributed by atoms with E-state index in [1.165, 1.54) is 4.57 Å². The average molecular weight is 642 g/mol. The van der Waals surface area contributed by atoms with Crippen molar-refractivity contribution in [2.75, 3.05) is 0 Å². The van der Waals surface area contributed by atoms with Crippen LogP contribution in [0.4, 0.5) is 0 Å². The number of aromatic amines is 1. The molecule has 0 radical (unpaired) electrons. The normalized spacial score (nSPS) is 12.0. The summed E-state index contributed by atoms with van der Waals surface area (Å²) in [7, 11) is 0. The third-order valence-corrected chi connectivity index (χ3v) is 8.50. The smallest absolute Gasteiger partial charge is 0.263 e. The van der Waals surface area contributed by atoms with Crippen molar-refractivity contribution in [3.8, 4) is 28.3 Å². The number of hydrogen-bond donors (Lipinski definition) is 3. The first-order chi connectivity index (χ1) is 21.4. The molecule has 0 spiro atoms. The van der Waals surface area contributed by atoms with Gasteiger partial charge in [0.25, 0.3) is 11.1 Å². The summed E-state index contributed by atoms with van der Waals surface area (Å²) in [6.45, 7) is 0. The molecule has 44 heavy (non-hydrogen) atoms. The summed E-state index contributed by atoms with van der Waals surface area (Å²) < 4.78 is 2.25. The molecule has 0 fully saturated rings. The fourth-order valence-corrected chi connectivity index (χ4v) is 6.46. The lowest BCUT2D eigenvalue weighted by Gasteiger charge is -2.23. The first-order valence-electron chi connectivity index (χ1n) is 14.0. The van der Waals surface area contributed by atoms with Crippen LogP contribution in [-0.4, -0.2) is 19.8 Å². The number of aromatic hydroxyl groups is 2. The Hall–Kier alpha value is -5.40. The summed E-state index contributed by atoms with van der Waals surface area (Å²) in [4.78, 5) is 31.7. The molecule has 7 aromatic rings. The number of pyridine rings is 2. The maximum atomic E-state index is 14.6. The van der Waals surface area contributed by atoms with E-state index >= 15 is 0 Å². The number of hydrogen-bond acceptors (Lipinski definition) is 4.